The predicted molar refractivity (Wildman–Crippen MR) is 70.4 cm³/mol. The van der Waals surface area contributed by atoms with Gasteiger partial charge in [-0.2, -0.15) is 23.8 Å². The summed E-state index contributed by atoms with van der Waals surface area (Å²) < 4.78 is 32.0. The zero-order valence-electron chi connectivity index (χ0n) is 11.0. The maximum atomic E-state index is 13.7. The van der Waals surface area contributed by atoms with E-state index < -0.39 is 17.4 Å². The molecule has 0 saturated carbocycles. The monoisotopic (exact) mass is 371 g/mol. The predicted octanol–water partition coefficient (Wildman–Crippen LogP) is 3.70. The molecule has 0 fully saturated rings. The topological polar surface area (TPSA) is 12.5 Å². The average molecular weight is 372 g/mol. The number of halogens is 3. The van der Waals surface area contributed by atoms with Gasteiger partial charge in [-0.15, -0.1) is 0 Å². The van der Waals surface area contributed by atoms with Crippen molar-refractivity contribution in [1.29, 1.82) is 0 Å². The molecule has 1 radical (unpaired) electrons. The number of methoxy groups -OCH3 is 1. The fourth-order valence-corrected chi connectivity index (χ4v) is 1.96. The molecule has 0 bridgehead atoms. The van der Waals surface area contributed by atoms with Crippen LogP contribution in [0.3, 0.4) is 0 Å². The Morgan fingerprint density at radius 2 is 1.85 bits per heavy atom. The van der Waals surface area contributed by atoms with Crippen molar-refractivity contribution in [3.05, 3.63) is 58.8 Å². The molecule has 103 valence electrons. The van der Waals surface area contributed by atoms with E-state index in [4.69, 9.17) is 11.6 Å². The molecule has 0 spiro atoms. The number of allylic oxidation sites excluding steroid dienone is 3. The van der Waals surface area contributed by atoms with E-state index >= 15 is 0 Å². The first-order valence-electron chi connectivity index (χ1n) is 5.41. The second kappa shape index (κ2) is 6.83. The third kappa shape index (κ3) is 3.13. The molecule has 1 aliphatic heterocycles. The van der Waals surface area contributed by atoms with Crippen LogP contribution in [-0.2, 0) is 32.7 Å². The molecule has 0 amide bonds. The number of hydrogen-bond acceptors (Lipinski definition) is 2. The van der Waals surface area contributed by atoms with Crippen LogP contribution in [0.15, 0.2) is 35.5 Å². The molecule has 1 aliphatic rings. The second-order valence-corrected chi connectivity index (χ2v) is 4.37. The minimum Gasteiger partial charge on any atom is -0.491 e. The molecule has 6 heteroatoms. The molecule has 1 heterocycles. The van der Waals surface area contributed by atoms with E-state index in [0.717, 1.165) is 0 Å². The van der Waals surface area contributed by atoms with E-state index in [1.165, 1.54) is 25.3 Å². The minimum absolute atomic E-state index is 0. The molecule has 0 N–H and O–H groups in total. The summed E-state index contributed by atoms with van der Waals surface area (Å²) in [5, 5.41) is 0.431. The standard InChI is InChI=1S/C14H11ClF2NO.Y/c1-8-10(15)4-5-13(18(8)2)9-6-11(16)14(19-3)12(17)7-9;/h4,6-7H,1H2,2-3H3;/q-1;. The normalized spacial score (nSPS) is 14.4. The quantitative estimate of drug-likeness (QED) is 0.735. The van der Waals surface area contributed by atoms with Gasteiger partial charge >= 0.3 is 0 Å². The Morgan fingerprint density at radius 3 is 2.35 bits per heavy atom. The van der Waals surface area contributed by atoms with Gasteiger partial charge in [0.2, 0.25) is 0 Å². The van der Waals surface area contributed by atoms with Crippen molar-refractivity contribution < 1.29 is 46.2 Å². The van der Waals surface area contributed by atoms with Crippen molar-refractivity contribution in [1.82, 2.24) is 4.90 Å². The van der Waals surface area contributed by atoms with Crippen LogP contribution in [0.1, 0.15) is 5.56 Å². The molecule has 2 rings (SSSR count). The number of likely N-dealkylation sites (N-methyl/N-ethyl adjacent to an activating group) is 1. The van der Waals surface area contributed by atoms with Crippen molar-refractivity contribution in [3.63, 3.8) is 0 Å². The first-order valence-corrected chi connectivity index (χ1v) is 5.79. The summed E-state index contributed by atoms with van der Waals surface area (Å²) in [4.78, 5) is 1.61. The van der Waals surface area contributed by atoms with Crippen LogP contribution < -0.4 is 4.74 Å². The summed E-state index contributed by atoms with van der Waals surface area (Å²) >= 11 is 5.90. The summed E-state index contributed by atoms with van der Waals surface area (Å²) in [7, 11) is 2.91. The fraction of sp³-hybridized carbons (Fsp3) is 0.143. The van der Waals surface area contributed by atoms with Gasteiger partial charge in [0.15, 0.2) is 17.4 Å². The van der Waals surface area contributed by atoms with Gasteiger partial charge in [-0.05, 0) is 10.7 Å². The van der Waals surface area contributed by atoms with Gasteiger partial charge in [0.05, 0.1) is 7.11 Å². The molecule has 0 aliphatic carbocycles. The Morgan fingerprint density at radius 1 is 1.30 bits per heavy atom. The minimum atomic E-state index is -0.772. The number of hydrogen-bond donors (Lipinski definition) is 0. The Balaban J connectivity index is 0.00000200. The largest absolute Gasteiger partial charge is 0.491 e. The Hall–Kier alpha value is -0.706. The first kappa shape index (κ1) is 17.3. The summed E-state index contributed by atoms with van der Waals surface area (Å²) in [6.45, 7) is 3.78. The molecule has 2 nitrogen and oxygen atoms in total. The Kier molecular flexibility index (Phi) is 5.93. The van der Waals surface area contributed by atoms with Crippen molar-refractivity contribution >= 4 is 17.3 Å². The zero-order chi connectivity index (χ0) is 14.2. The third-order valence-electron chi connectivity index (χ3n) is 2.83. The van der Waals surface area contributed by atoms with Crippen LogP contribution >= 0.6 is 11.6 Å². The number of benzene rings is 1. The summed E-state index contributed by atoms with van der Waals surface area (Å²) in [5.74, 6) is -1.95. The van der Waals surface area contributed by atoms with Crippen molar-refractivity contribution in [2.45, 2.75) is 0 Å². The molecule has 0 saturated heterocycles. The van der Waals surface area contributed by atoms with Gasteiger partial charge in [0.25, 0.3) is 0 Å². The van der Waals surface area contributed by atoms with Gasteiger partial charge in [-0.3, -0.25) is 0 Å². The van der Waals surface area contributed by atoms with Crippen molar-refractivity contribution in [3.8, 4) is 5.75 Å². The molecule has 0 unspecified atom stereocenters. The molecule has 20 heavy (non-hydrogen) atoms. The van der Waals surface area contributed by atoms with Crippen LogP contribution in [0, 0.1) is 17.7 Å². The van der Waals surface area contributed by atoms with E-state index in [0.29, 0.717) is 22.0 Å². The first-order chi connectivity index (χ1) is 8.95. The van der Waals surface area contributed by atoms with Gasteiger partial charge in [-0.1, -0.05) is 30.0 Å². The van der Waals surface area contributed by atoms with Gasteiger partial charge in [0, 0.05) is 39.8 Å². The van der Waals surface area contributed by atoms with Crippen LogP contribution in [0.25, 0.3) is 5.70 Å². The summed E-state index contributed by atoms with van der Waals surface area (Å²) in [6, 6.07) is 2.36. The number of rotatable bonds is 2. The van der Waals surface area contributed by atoms with Crippen LogP contribution in [0.4, 0.5) is 8.78 Å². The maximum absolute atomic E-state index is 13.7. The molecular weight excluding hydrogens is 361 g/mol. The van der Waals surface area contributed by atoms with E-state index in [-0.39, 0.29) is 32.7 Å². The van der Waals surface area contributed by atoms with E-state index in [2.05, 4.69) is 17.4 Å². The van der Waals surface area contributed by atoms with Gasteiger partial charge in [0.1, 0.15) is 0 Å². The Labute approximate surface area is 146 Å². The number of ether oxygens (including phenoxy) is 1. The van der Waals surface area contributed by atoms with E-state index in [1.807, 2.05) is 0 Å². The third-order valence-corrected chi connectivity index (χ3v) is 3.15. The van der Waals surface area contributed by atoms with Crippen LogP contribution in [-0.4, -0.2) is 19.1 Å². The molecule has 0 atom stereocenters. The molecule has 1 aromatic carbocycles. The fourth-order valence-electron chi connectivity index (χ4n) is 1.78. The van der Waals surface area contributed by atoms with Crippen molar-refractivity contribution in [2.24, 2.45) is 0 Å². The van der Waals surface area contributed by atoms with Gasteiger partial charge < -0.3 is 9.64 Å². The van der Waals surface area contributed by atoms with Crippen LogP contribution in [0.5, 0.6) is 5.75 Å². The Bertz CT molecular complexity index is 590. The van der Waals surface area contributed by atoms with Crippen molar-refractivity contribution in [2.75, 3.05) is 14.2 Å². The molecule has 0 aromatic heterocycles. The SMILES string of the molecule is C=C1C(Cl)=C[C-]=C(c2cc(F)c(OC)c(F)c2)N1C.[Y]. The van der Waals surface area contributed by atoms with E-state index in [1.54, 1.807) is 11.9 Å². The second-order valence-electron chi connectivity index (χ2n) is 3.96. The molecular formula is C14H11ClF2NOY-. The maximum Gasteiger partial charge on any atom is 0.188 e. The summed E-state index contributed by atoms with van der Waals surface area (Å²) in [5.41, 5.74) is 1.35. The average Bonchev–Trinajstić information content (AvgIpc) is 2.35. The zero-order valence-corrected chi connectivity index (χ0v) is 14.6. The van der Waals surface area contributed by atoms with Crippen LogP contribution in [0.2, 0.25) is 0 Å². The smallest absolute Gasteiger partial charge is 0.188 e. The number of nitrogens with zero attached hydrogens (tertiary/aromatic N) is 1. The van der Waals surface area contributed by atoms with E-state index in [9.17, 15) is 8.78 Å². The molecule has 1 aromatic rings. The summed E-state index contributed by atoms with van der Waals surface area (Å²) in [6.07, 6.45) is 4.38. The van der Waals surface area contributed by atoms with Gasteiger partial charge in [-0.25, -0.2) is 8.78 Å².